The van der Waals surface area contributed by atoms with E-state index < -0.39 is 0 Å². The highest BCUT2D eigenvalue weighted by Gasteiger charge is 2.09. The molecule has 0 heterocycles. The van der Waals surface area contributed by atoms with Gasteiger partial charge < -0.3 is 5.32 Å². The van der Waals surface area contributed by atoms with Crippen molar-refractivity contribution in [1.29, 1.82) is 0 Å². The van der Waals surface area contributed by atoms with Gasteiger partial charge >= 0.3 is 0 Å². The fourth-order valence-electron chi connectivity index (χ4n) is 0.899. The van der Waals surface area contributed by atoms with Crippen molar-refractivity contribution in [3.8, 4) is 0 Å². The summed E-state index contributed by atoms with van der Waals surface area (Å²) in [5.74, 6) is 0.286. The van der Waals surface area contributed by atoms with Crippen molar-refractivity contribution in [2.45, 2.75) is 60.0 Å². The molecule has 0 radical (unpaired) electrons. The monoisotopic (exact) mass is 173 g/mol. The molecule has 0 aliphatic carbocycles. The molecule has 1 unspecified atom stereocenters. The number of rotatable bonds is 4. The van der Waals surface area contributed by atoms with Crippen LogP contribution in [0.4, 0.5) is 0 Å². The molecule has 1 atom stereocenters. The molecule has 0 fully saturated rings. The minimum Gasteiger partial charge on any atom is -0.305 e. The topological polar surface area (TPSA) is 29.1 Å². The van der Waals surface area contributed by atoms with Crippen LogP contribution in [-0.2, 0) is 4.79 Å². The van der Waals surface area contributed by atoms with Crippen molar-refractivity contribution in [2.24, 2.45) is 0 Å². The average Bonchev–Trinajstić information content (AvgIpc) is 2.05. The number of ketones is 1. The lowest BCUT2D eigenvalue weighted by molar-refractivity contribution is -0.120. The molecule has 12 heavy (non-hydrogen) atoms. The third kappa shape index (κ3) is 7.73. The van der Waals surface area contributed by atoms with Crippen molar-refractivity contribution >= 4 is 5.78 Å². The predicted octanol–water partition coefficient (Wildman–Crippen LogP) is 2.38. The van der Waals surface area contributed by atoms with E-state index >= 15 is 0 Å². The standard InChI is InChI=1S/C8H17NO.C2H6/c1-5-8(10)7(4)9-6(2)3;1-2/h6-7,9H,5H2,1-4H3;1-2H3. The smallest absolute Gasteiger partial charge is 0.149 e. The summed E-state index contributed by atoms with van der Waals surface area (Å²) in [5, 5.41) is 3.14. The minimum absolute atomic E-state index is 0.0185. The number of carbonyl (C=O) groups excluding carboxylic acids is 1. The lowest BCUT2D eigenvalue weighted by Gasteiger charge is -2.14. The van der Waals surface area contributed by atoms with Gasteiger partial charge in [-0.2, -0.15) is 0 Å². The molecule has 0 rings (SSSR count). The molecule has 0 aromatic carbocycles. The minimum atomic E-state index is 0.0185. The molecule has 0 aliphatic heterocycles. The Labute approximate surface area is 76.7 Å². The highest BCUT2D eigenvalue weighted by molar-refractivity contribution is 5.83. The van der Waals surface area contributed by atoms with Crippen LogP contribution in [0.5, 0.6) is 0 Å². The number of nitrogens with one attached hydrogen (secondary N) is 1. The van der Waals surface area contributed by atoms with E-state index in [1.54, 1.807) is 0 Å². The van der Waals surface area contributed by atoms with Crippen LogP contribution in [0.15, 0.2) is 0 Å². The fraction of sp³-hybridized carbons (Fsp3) is 0.900. The summed E-state index contributed by atoms with van der Waals surface area (Å²) in [5.41, 5.74) is 0. The normalized spacial score (nSPS) is 11.9. The molecule has 74 valence electrons. The van der Waals surface area contributed by atoms with Gasteiger partial charge in [0, 0.05) is 12.5 Å². The van der Waals surface area contributed by atoms with E-state index in [1.165, 1.54) is 0 Å². The van der Waals surface area contributed by atoms with E-state index in [9.17, 15) is 4.79 Å². The summed E-state index contributed by atoms with van der Waals surface area (Å²) >= 11 is 0. The number of hydrogen-bond donors (Lipinski definition) is 1. The SMILES string of the molecule is CC.CCC(=O)C(C)NC(C)C. The molecule has 0 saturated heterocycles. The molecule has 0 spiro atoms. The van der Waals surface area contributed by atoms with Gasteiger partial charge in [0.15, 0.2) is 0 Å². The first-order chi connectivity index (χ1) is 5.57. The zero-order chi connectivity index (χ0) is 10.1. The summed E-state index contributed by atoms with van der Waals surface area (Å²) in [6.07, 6.45) is 0.626. The molecule has 2 nitrogen and oxygen atoms in total. The van der Waals surface area contributed by atoms with E-state index in [4.69, 9.17) is 0 Å². The van der Waals surface area contributed by atoms with Crippen molar-refractivity contribution in [1.82, 2.24) is 5.32 Å². The molecular weight excluding hydrogens is 150 g/mol. The molecule has 0 aromatic rings. The molecule has 0 amide bonds. The molecule has 0 bridgehead atoms. The van der Waals surface area contributed by atoms with Crippen LogP contribution < -0.4 is 5.32 Å². The maximum atomic E-state index is 11.0. The van der Waals surface area contributed by atoms with Gasteiger partial charge in [-0.1, -0.05) is 34.6 Å². The van der Waals surface area contributed by atoms with Crippen molar-refractivity contribution in [2.75, 3.05) is 0 Å². The van der Waals surface area contributed by atoms with Crippen molar-refractivity contribution in [3.05, 3.63) is 0 Å². The van der Waals surface area contributed by atoms with Crippen LogP contribution >= 0.6 is 0 Å². The van der Waals surface area contributed by atoms with Gasteiger partial charge in [0.1, 0.15) is 5.78 Å². The molecular formula is C10H23NO. The Bertz CT molecular complexity index is 110. The summed E-state index contributed by atoms with van der Waals surface area (Å²) in [6.45, 7) is 11.9. The van der Waals surface area contributed by atoms with Crippen LogP contribution in [0, 0.1) is 0 Å². The second-order valence-electron chi connectivity index (χ2n) is 2.86. The Kier molecular flexibility index (Phi) is 10.3. The van der Waals surface area contributed by atoms with Gasteiger partial charge in [-0.15, -0.1) is 0 Å². The highest BCUT2D eigenvalue weighted by Crippen LogP contribution is 1.91. The van der Waals surface area contributed by atoms with E-state index in [-0.39, 0.29) is 11.8 Å². The quantitative estimate of drug-likeness (QED) is 0.707. The van der Waals surface area contributed by atoms with Crippen LogP contribution in [0.3, 0.4) is 0 Å². The maximum Gasteiger partial charge on any atom is 0.149 e. The third-order valence-electron chi connectivity index (χ3n) is 1.41. The largest absolute Gasteiger partial charge is 0.305 e. The molecule has 0 saturated carbocycles. The Morgan fingerprint density at radius 2 is 1.67 bits per heavy atom. The van der Waals surface area contributed by atoms with Crippen molar-refractivity contribution in [3.63, 3.8) is 0 Å². The summed E-state index contributed by atoms with van der Waals surface area (Å²) in [6, 6.07) is 0.412. The fourth-order valence-corrected chi connectivity index (χ4v) is 0.899. The predicted molar refractivity (Wildman–Crippen MR) is 54.4 cm³/mol. The van der Waals surface area contributed by atoms with Gasteiger partial charge in [-0.25, -0.2) is 0 Å². The second-order valence-corrected chi connectivity index (χ2v) is 2.86. The Morgan fingerprint density at radius 1 is 1.25 bits per heavy atom. The molecule has 0 aromatic heterocycles. The molecule has 1 N–H and O–H groups in total. The van der Waals surface area contributed by atoms with Crippen LogP contribution in [-0.4, -0.2) is 17.9 Å². The lowest BCUT2D eigenvalue weighted by Crippen LogP contribution is -2.38. The van der Waals surface area contributed by atoms with E-state index in [0.717, 1.165) is 0 Å². The Morgan fingerprint density at radius 3 is 1.92 bits per heavy atom. The van der Waals surface area contributed by atoms with Gasteiger partial charge in [-0.05, 0) is 6.92 Å². The van der Waals surface area contributed by atoms with Gasteiger partial charge in [0.05, 0.1) is 6.04 Å². The van der Waals surface area contributed by atoms with Gasteiger partial charge in [-0.3, -0.25) is 4.79 Å². The highest BCUT2D eigenvalue weighted by atomic mass is 16.1. The second kappa shape index (κ2) is 8.72. The molecule has 0 aliphatic rings. The summed E-state index contributed by atoms with van der Waals surface area (Å²) in [7, 11) is 0. The Balaban J connectivity index is 0. The van der Waals surface area contributed by atoms with Gasteiger partial charge in [0.2, 0.25) is 0 Å². The summed E-state index contributed by atoms with van der Waals surface area (Å²) < 4.78 is 0. The number of hydrogen-bond acceptors (Lipinski definition) is 2. The zero-order valence-corrected chi connectivity index (χ0v) is 9.27. The number of carbonyl (C=O) groups is 1. The summed E-state index contributed by atoms with van der Waals surface area (Å²) in [4.78, 5) is 11.0. The zero-order valence-electron chi connectivity index (χ0n) is 9.27. The van der Waals surface area contributed by atoms with Crippen molar-refractivity contribution < 1.29 is 4.79 Å². The Hall–Kier alpha value is -0.370. The first-order valence-electron chi connectivity index (χ1n) is 4.86. The third-order valence-corrected chi connectivity index (χ3v) is 1.41. The van der Waals surface area contributed by atoms with Crippen LogP contribution in [0.1, 0.15) is 48.0 Å². The van der Waals surface area contributed by atoms with E-state index in [1.807, 2.05) is 41.5 Å². The lowest BCUT2D eigenvalue weighted by atomic mass is 10.1. The van der Waals surface area contributed by atoms with Crippen LogP contribution in [0.2, 0.25) is 0 Å². The number of Topliss-reactive ketones (excluding diaryl/α,β-unsaturated/α-hetero) is 1. The first kappa shape index (κ1) is 14.2. The molecule has 2 heteroatoms. The van der Waals surface area contributed by atoms with Gasteiger partial charge in [0.25, 0.3) is 0 Å². The average molecular weight is 173 g/mol. The first-order valence-corrected chi connectivity index (χ1v) is 4.86. The van der Waals surface area contributed by atoms with Crippen LogP contribution in [0.25, 0.3) is 0 Å². The van der Waals surface area contributed by atoms with E-state index in [2.05, 4.69) is 5.32 Å². The van der Waals surface area contributed by atoms with E-state index in [0.29, 0.717) is 12.5 Å². The maximum absolute atomic E-state index is 11.0.